The number of aromatic nitrogens is 1. The van der Waals surface area contributed by atoms with Crippen LogP contribution in [0.25, 0.3) is 11.5 Å². The van der Waals surface area contributed by atoms with Crippen LogP contribution in [0.15, 0.2) is 28.7 Å². The molecule has 0 spiro atoms. The lowest BCUT2D eigenvalue weighted by Crippen LogP contribution is -2.04. The highest BCUT2D eigenvalue weighted by Crippen LogP contribution is 2.22. The van der Waals surface area contributed by atoms with E-state index in [2.05, 4.69) is 4.98 Å². The minimum absolute atomic E-state index is 0.0438. The van der Waals surface area contributed by atoms with E-state index in [0.29, 0.717) is 5.56 Å². The number of nitrogens with zero attached hydrogens (tertiary/aromatic N) is 1. The Hall–Kier alpha value is -2.21. The second-order valence-electron chi connectivity index (χ2n) is 3.31. The van der Waals surface area contributed by atoms with E-state index in [-0.39, 0.29) is 23.9 Å². The van der Waals surface area contributed by atoms with Crippen LogP contribution in [-0.2, 0) is 6.54 Å². The van der Waals surface area contributed by atoms with E-state index in [4.69, 9.17) is 15.3 Å². The predicted octanol–water partition coefficient (Wildman–Crippen LogP) is 1.64. The number of carbonyl (C=O) groups is 1. The molecule has 0 aliphatic rings. The van der Waals surface area contributed by atoms with Crippen molar-refractivity contribution in [3.8, 4) is 11.5 Å². The number of nitrogens with two attached hydrogens (primary N) is 1. The van der Waals surface area contributed by atoms with E-state index >= 15 is 0 Å². The predicted molar refractivity (Wildman–Crippen MR) is 56.7 cm³/mol. The van der Waals surface area contributed by atoms with Crippen LogP contribution >= 0.6 is 0 Å². The molecule has 3 N–H and O–H groups in total. The first-order valence-electron chi connectivity index (χ1n) is 4.81. The van der Waals surface area contributed by atoms with Crippen molar-refractivity contribution in [2.45, 2.75) is 6.54 Å². The molecule has 0 fully saturated rings. The van der Waals surface area contributed by atoms with E-state index < -0.39 is 11.8 Å². The van der Waals surface area contributed by atoms with Crippen molar-refractivity contribution in [2.75, 3.05) is 0 Å². The third-order valence-corrected chi connectivity index (χ3v) is 2.16. The lowest BCUT2D eigenvalue weighted by atomic mass is 10.2. The van der Waals surface area contributed by atoms with Gasteiger partial charge < -0.3 is 15.3 Å². The van der Waals surface area contributed by atoms with Crippen molar-refractivity contribution in [1.82, 2.24) is 4.98 Å². The van der Waals surface area contributed by atoms with Crippen molar-refractivity contribution in [3.63, 3.8) is 0 Å². The van der Waals surface area contributed by atoms with Crippen LogP contribution in [0.4, 0.5) is 4.39 Å². The van der Waals surface area contributed by atoms with Crippen LogP contribution < -0.4 is 5.73 Å². The van der Waals surface area contributed by atoms with Gasteiger partial charge in [-0.2, -0.15) is 0 Å². The number of hydrogen-bond donors (Lipinski definition) is 2. The van der Waals surface area contributed by atoms with Gasteiger partial charge in [0, 0.05) is 12.1 Å². The van der Waals surface area contributed by atoms with Crippen LogP contribution in [-0.4, -0.2) is 16.1 Å². The van der Waals surface area contributed by atoms with Crippen LogP contribution in [0, 0.1) is 5.82 Å². The minimum atomic E-state index is -1.25. The van der Waals surface area contributed by atoms with Gasteiger partial charge in [0.2, 0.25) is 11.7 Å². The quantitative estimate of drug-likeness (QED) is 0.845. The zero-order chi connectivity index (χ0) is 12.4. The van der Waals surface area contributed by atoms with Crippen LogP contribution in [0.3, 0.4) is 0 Å². The second kappa shape index (κ2) is 4.34. The molecule has 1 aromatic carbocycles. The van der Waals surface area contributed by atoms with Gasteiger partial charge in [-0.15, -0.1) is 0 Å². The normalized spacial score (nSPS) is 10.5. The molecule has 0 bridgehead atoms. The average molecular weight is 236 g/mol. The molecule has 0 unspecified atom stereocenters. The molecule has 0 radical (unpaired) electrons. The Balaban J connectivity index is 2.50. The lowest BCUT2D eigenvalue weighted by molar-refractivity contribution is 0.0662. The van der Waals surface area contributed by atoms with E-state index in [1.165, 1.54) is 18.2 Å². The topological polar surface area (TPSA) is 89.4 Å². The molecule has 17 heavy (non-hydrogen) atoms. The number of oxazole rings is 1. The first kappa shape index (κ1) is 11.3. The summed E-state index contributed by atoms with van der Waals surface area (Å²) in [7, 11) is 0. The smallest absolute Gasteiger partial charge is 0.373 e. The van der Waals surface area contributed by atoms with Gasteiger partial charge >= 0.3 is 5.97 Å². The summed E-state index contributed by atoms with van der Waals surface area (Å²) in [6.45, 7) is -0.0551. The van der Waals surface area contributed by atoms with Gasteiger partial charge in [-0.25, -0.2) is 14.2 Å². The molecule has 0 atom stereocenters. The first-order chi connectivity index (χ1) is 8.11. The van der Waals surface area contributed by atoms with Crippen molar-refractivity contribution < 1.29 is 18.7 Å². The Labute approximate surface area is 95.7 Å². The van der Waals surface area contributed by atoms with Gasteiger partial charge in [-0.3, -0.25) is 0 Å². The molecule has 2 aromatic rings. The number of benzene rings is 1. The van der Waals surface area contributed by atoms with Crippen LogP contribution in [0.2, 0.25) is 0 Å². The summed E-state index contributed by atoms with van der Waals surface area (Å²) >= 11 is 0. The fourth-order valence-electron chi connectivity index (χ4n) is 1.40. The number of aromatic carboxylic acids is 1. The van der Waals surface area contributed by atoms with E-state index in [1.54, 1.807) is 6.07 Å². The number of rotatable bonds is 3. The lowest BCUT2D eigenvalue weighted by Gasteiger charge is -1.94. The SMILES string of the molecule is NCc1nc(-c2cccc(F)c2)oc1C(=O)O. The van der Waals surface area contributed by atoms with Gasteiger partial charge in [0.25, 0.3) is 0 Å². The average Bonchev–Trinajstić information content (AvgIpc) is 2.73. The highest BCUT2D eigenvalue weighted by atomic mass is 19.1. The Bertz CT molecular complexity index is 566. The van der Waals surface area contributed by atoms with Crippen LogP contribution in [0.1, 0.15) is 16.2 Å². The molecule has 0 saturated heterocycles. The third kappa shape index (κ3) is 2.16. The molecule has 88 valence electrons. The zero-order valence-electron chi connectivity index (χ0n) is 8.68. The molecular weight excluding hydrogens is 227 g/mol. The molecule has 2 rings (SSSR count). The molecule has 5 nitrogen and oxygen atoms in total. The maximum atomic E-state index is 13.0. The standard InChI is InChI=1S/C11H9FN2O3/c12-7-3-1-2-6(4-7)10-14-8(5-13)9(17-10)11(15)16/h1-4H,5,13H2,(H,15,16). The van der Waals surface area contributed by atoms with Crippen molar-refractivity contribution in [2.24, 2.45) is 5.73 Å². The maximum Gasteiger partial charge on any atom is 0.373 e. The maximum absolute atomic E-state index is 13.0. The van der Waals surface area contributed by atoms with E-state index in [1.807, 2.05) is 0 Å². The largest absolute Gasteiger partial charge is 0.475 e. The van der Waals surface area contributed by atoms with Crippen LogP contribution in [0.5, 0.6) is 0 Å². The molecule has 6 heteroatoms. The van der Waals surface area contributed by atoms with Crippen molar-refractivity contribution >= 4 is 5.97 Å². The number of halogens is 1. The fourth-order valence-corrected chi connectivity index (χ4v) is 1.40. The molecule has 0 aliphatic heterocycles. The summed E-state index contributed by atoms with van der Waals surface area (Å²) in [5.74, 6) is -1.97. The van der Waals surface area contributed by atoms with Crippen molar-refractivity contribution in [3.05, 3.63) is 41.5 Å². The number of carboxylic acids is 1. The Morgan fingerprint density at radius 1 is 1.53 bits per heavy atom. The Kier molecular flexibility index (Phi) is 2.88. The summed E-state index contributed by atoms with van der Waals surface area (Å²) in [6.07, 6.45) is 0. The highest BCUT2D eigenvalue weighted by molar-refractivity contribution is 5.86. The molecule has 0 amide bonds. The second-order valence-corrected chi connectivity index (χ2v) is 3.31. The third-order valence-electron chi connectivity index (χ3n) is 2.16. The van der Waals surface area contributed by atoms with Gasteiger partial charge in [0.1, 0.15) is 11.5 Å². The monoisotopic (exact) mass is 236 g/mol. The molecule has 1 heterocycles. The summed E-state index contributed by atoms with van der Waals surface area (Å²) in [5.41, 5.74) is 5.85. The van der Waals surface area contributed by atoms with E-state index in [9.17, 15) is 9.18 Å². The summed E-state index contributed by atoms with van der Waals surface area (Å²) in [5, 5.41) is 8.85. The highest BCUT2D eigenvalue weighted by Gasteiger charge is 2.19. The van der Waals surface area contributed by atoms with Gasteiger partial charge in [-0.05, 0) is 18.2 Å². The number of hydrogen-bond acceptors (Lipinski definition) is 4. The fraction of sp³-hybridized carbons (Fsp3) is 0.0909. The zero-order valence-corrected chi connectivity index (χ0v) is 8.68. The first-order valence-corrected chi connectivity index (χ1v) is 4.81. The number of carboxylic acid groups (broad SMARTS) is 1. The van der Waals surface area contributed by atoms with Crippen molar-refractivity contribution in [1.29, 1.82) is 0 Å². The summed E-state index contributed by atoms with van der Waals surface area (Å²) in [6, 6.07) is 5.53. The Morgan fingerprint density at radius 3 is 2.82 bits per heavy atom. The van der Waals surface area contributed by atoms with Gasteiger partial charge in [0.05, 0.1) is 0 Å². The minimum Gasteiger partial charge on any atom is -0.475 e. The summed E-state index contributed by atoms with van der Waals surface area (Å²) in [4.78, 5) is 14.8. The van der Waals surface area contributed by atoms with Gasteiger partial charge in [-0.1, -0.05) is 6.07 Å². The molecule has 0 aliphatic carbocycles. The molecule has 0 saturated carbocycles. The van der Waals surface area contributed by atoms with Gasteiger partial charge in [0.15, 0.2) is 0 Å². The van der Waals surface area contributed by atoms with E-state index in [0.717, 1.165) is 0 Å². The molecule has 1 aromatic heterocycles. The molecular formula is C11H9FN2O3. The Morgan fingerprint density at radius 2 is 2.29 bits per heavy atom. The summed E-state index contributed by atoms with van der Waals surface area (Å²) < 4.78 is 18.0.